The third kappa shape index (κ3) is 6.18. The van der Waals surface area contributed by atoms with E-state index in [9.17, 15) is 9.18 Å². The highest BCUT2D eigenvalue weighted by atomic mass is 19.1. The quantitative estimate of drug-likeness (QED) is 0.530. The van der Waals surface area contributed by atoms with Crippen molar-refractivity contribution in [3.05, 3.63) is 71.7 Å². The van der Waals surface area contributed by atoms with Crippen molar-refractivity contribution in [2.24, 2.45) is 0 Å². The molecule has 1 fully saturated rings. The first-order valence-electron chi connectivity index (χ1n) is 11.1. The number of hydrogen-bond acceptors (Lipinski definition) is 6. The maximum atomic E-state index is 13.9. The highest BCUT2D eigenvalue weighted by molar-refractivity contribution is 5.93. The maximum Gasteiger partial charge on any atom is 0.273 e. The lowest BCUT2D eigenvalue weighted by Gasteiger charge is -2.31. The summed E-state index contributed by atoms with van der Waals surface area (Å²) in [5, 5.41) is 6.58. The van der Waals surface area contributed by atoms with Gasteiger partial charge in [0.05, 0.1) is 5.56 Å². The average Bonchev–Trinajstić information content (AvgIpc) is 3.34. The minimum Gasteiger partial charge on any atom is -0.492 e. The number of carbonyl (C=O) groups excluding carboxylic acids is 1. The Morgan fingerprint density at radius 2 is 2.00 bits per heavy atom. The van der Waals surface area contributed by atoms with Crippen LogP contribution in [0, 0.1) is 5.82 Å². The van der Waals surface area contributed by atoms with Crippen LogP contribution in [-0.4, -0.2) is 55.4 Å². The van der Waals surface area contributed by atoms with E-state index in [1.54, 1.807) is 18.2 Å². The summed E-state index contributed by atoms with van der Waals surface area (Å²) >= 11 is 0. The molecule has 0 radical (unpaired) electrons. The molecule has 7 nitrogen and oxygen atoms in total. The van der Waals surface area contributed by atoms with E-state index in [0.717, 1.165) is 43.9 Å². The van der Waals surface area contributed by atoms with Crippen LogP contribution in [0.5, 0.6) is 5.75 Å². The van der Waals surface area contributed by atoms with Crippen LogP contribution in [0.4, 0.5) is 4.39 Å². The minimum absolute atomic E-state index is 0.0943. The third-order valence-corrected chi connectivity index (χ3v) is 5.76. The van der Waals surface area contributed by atoms with E-state index in [2.05, 4.69) is 22.4 Å². The molecule has 4 rings (SSSR count). The number of nitrogens with zero attached hydrogens (tertiary/aromatic N) is 2. The van der Waals surface area contributed by atoms with Gasteiger partial charge in [-0.25, -0.2) is 4.39 Å². The van der Waals surface area contributed by atoms with Gasteiger partial charge < -0.3 is 19.3 Å². The zero-order valence-electron chi connectivity index (χ0n) is 18.6. The second kappa shape index (κ2) is 11.1. The highest BCUT2D eigenvalue weighted by Gasteiger charge is 2.18. The molecule has 0 unspecified atom stereocenters. The molecule has 0 atom stereocenters. The highest BCUT2D eigenvalue weighted by Crippen LogP contribution is 2.23. The summed E-state index contributed by atoms with van der Waals surface area (Å²) in [4.78, 5) is 14.8. The van der Waals surface area contributed by atoms with E-state index in [4.69, 9.17) is 14.0 Å². The molecule has 1 aliphatic heterocycles. The topological polar surface area (TPSA) is 76.8 Å². The fraction of sp³-hybridized carbons (Fsp3) is 0.360. The largest absolute Gasteiger partial charge is 0.492 e. The number of carbonyl (C=O) groups is 1. The van der Waals surface area contributed by atoms with Gasteiger partial charge in [0.15, 0.2) is 11.5 Å². The van der Waals surface area contributed by atoms with Crippen LogP contribution in [-0.2, 0) is 11.3 Å². The number of nitrogens with one attached hydrogen (secondary N) is 1. The lowest BCUT2D eigenvalue weighted by Crippen LogP contribution is -2.38. The maximum absolute atomic E-state index is 13.9. The molecule has 0 spiro atoms. The molecule has 0 aliphatic carbocycles. The van der Waals surface area contributed by atoms with Crippen molar-refractivity contribution in [3.63, 3.8) is 0 Å². The lowest BCUT2D eigenvalue weighted by atomic mass is 10.1. The van der Waals surface area contributed by atoms with E-state index in [-0.39, 0.29) is 17.0 Å². The summed E-state index contributed by atoms with van der Waals surface area (Å²) in [7, 11) is 2.12. The van der Waals surface area contributed by atoms with Crippen molar-refractivity contribution in [2.75, 3.05) is 33.4 Å². The van der Waals surface area contributed by atoms with Crippen LogP contribution in [0.2, 0.25) is 0 Å². The fourth-order valence-corrected chi connectivity index (χ4v) is 3.80. The third-order valence-electron chi connectivity index (χ3n) is 5.76. The van der Waals surface area contributed by atoms with Gasteiger partial charge in [0.25, 0.3) is 5.91 Å². The molecule has 0 bridgehead atoms. The van der Waals surface area contributed by atoms with Crippen molar-refractivity contribution < 1.29 is 23.2 Å². The van der Waals surface area contributed by atoms with Gasteiger partial charge in [0, 0.05) is 38.4 Å². The predicted molar refractivity (Wildman–Crippen MR) is 121 cm³/mol. The summed E-state index contributed by atoms with van der Waals surface area (Å²) in [6.45, 7) is 3.37. The molecule has 33 heavy (non-hydrogen) atoms. The zero-order chi connectivity index (χ0) is 23.0. The van der Waals surface area contributed by atoms with Gasteiger partial charge in [-0.3, -0.25) is 9.69 Å². The van der Waals surface area contributed by atoms with Crippen molar-refractivity contribution in [1.29, 1.82) is 0 Å². The number of amides is 1. The SMILES string of the molecule is CN(CCOc1cccc(CNC(=O)c2cc(-c3ccccc3F)on2)c1)C1CCOCC1. The standard InChI is InChI=1S/C25H28FN3O4/c1-29(19-9-12-31-13-10-19)11-14-32-20-6-4-5-18(15-20)17-27-25(30)23-16-24(33-28-23)21-7-2-3-8-22(21)26/h2-8,15-16,19H,9-14,17H2,1H3,(H,27,30). The molecule has 1 N–H and O–H groups in total. The second-order valence-corrected chi connectivity index (χ2v) is 8.06. The predicted octanol–water partition coefficient (Wildman–Crippen LogP) is 3.90. The number of likely N-dealkylation sites (N-methyl/N-ethyl adjacent to an activating group) is 1. The summed E-state index contributed by atoms with van der Waals surface area (Å²) < 4.78 is 30.4. The van der Waals surface area contributed by atoms with Crippen LogP contribution in [0.15, 0.2) is 59.1 Å². The molecule has 0 saturated carbocycles. The van der Waals surface area contributed by atoms with Crippen LogP contribution < -0.4 is 10.1 Å². The van der Waals surface area contributed by atoms with E-state index in [1.807, 2.05) is 24.3 Å². The number of rotatable bonds is 9. The van der Waals surface area contributed by atoms with Crippen molar-refractivity contribution in [1.82, 2.24) is 15.4 Å². The zero-order valence-corrected chi connectivity index (χ0v) is 18.6. The first-order chi connectivity index (χ1) is 16.1. The van der Waals surface area contributed by atoms with Crippen LogP contribution in [0.25, 0.3) is 11.3 Å². The van der Waals surface area contributed by atoms with Crippen LogP contribution in [0.3, 0.4) is 0 Å². The van der Waals surface area contributed by atoms with Gasteiger partial charge in [0.2, 0.25) is 0 Å². The first-order valence-corrected chi connectivity index (χ1v) is 11.1. The van der Waals surface area contributed by atoms with Gasteiger partial charge >= 0.3 is 0 Å². The molecular weight excluding hydrogens is 425 g/mol. The Morgan fingerprint density at radius 1 is 1.18 bits per heavy atom. The van der Waals surface area contributed by atoms with Crippen LogP contribution in [0.1, 0.15) is 28.9 Å². The van der Waals surface area contributed by atoms with E-state index in [0.29, 0.717) is 19.2 Å². The Labute approximate surface area is 192 Å². The summed E-state index contributed by atoms with van der Waals surface area (Å²) in [6, 6.07) is 15.8. The summed E-state index contributed by atoms with van der Waals surface area (Å²) in [5.41, 5.74) is 1.25. The Balaban J connectivity index is 1.26. The molecule has 1 aromatic heterocycles. The van der Waals surface area contributed by atoms with Crippen molar-refractivity contribution in [2.45, 2.75) is 25.4 Å². The van der Waals surface area contributed by atoms with Gasteiger partial charge in [-0.1, -0.05) is 29.4 Å². The summed E-state index contributed by atoms with van der Waals surface area (Å²) in [6.07, 6.45) is 2.11. The normalized spacial score (nSPS) is 14.4. The second-order valence-electron chi connectivity index (χ2n) is 8.06. The number of benzene rings is 2. The Bertz CT molecular complexity index is 1070. The van der Waals surface area contributed by atoms with Crippen molar-refractivity contribution in [3.8, 4) is 17.1 Å². The number of halogens is 1. The molecule has 1 amide bonds. The number of hydrogen-bond donors (Lipinski definition) is 1. The van der Waals surface area contributed by atoms with E-state index >= 15 is 0 Å². The number of aromatic nitrogens is 1. The fourth-order valence-electron chi connectivity index (χ4n) is 3.80. The molecule has 8 heteroatoms. The smallest absolute Gasteiger partial charge is 0.273 e. The summed E-state index contributed by atoms with van der Waals surface area (Å²) in [5.74, 6) is 0.131. The van der Waals surface area contributed by atoms with Crippen molar-refractivity contribution >= 4 is 5.91 Å². The Hall–Kier alpha value is -3.23. The van der Waals surface area contributed by atoms with E-state index in [1.165, 1.54) is 12.1 Å². The molecule has 2 aromatic carbocycles. The molecular formula is C25H28FN3O4. The molecule has 3 aromatic rings. The monoisotopic (exact) mass is 453 g/mol. The van der Waals surface area contributed by atoms with Gasteiger partial charge in [0.1, 0.15) is 18.2 Å². The van der Waals surface area contributed by atoms with Gasteiger partial charge in [-0.15, -0.1) is 0 Å². The van der Waals surface area contributed by atoms with Gasteiger partial charge in [-0.2, -0.15) is 0 Å². The van der Waals surface area contributed by atoms with Crippen LogP contribution >= 0.6 is 0 Å². The van der Waals surface area contributed by atoms with Gasteiger partial charge in [-0.05, 0) is 49.7 Å². The molecule has 1 aliphatic rings. The molecule has 174 valence electrons. The van der Waals surface area contributed by atoms with E-state index < -0.39 is 11.7 Å². The lowest BCUT2D eigenvalue weighted by molar-refractivity contribution is 0.0392. The minimum atomic E-state index is -0.434. The average molecular weight is 454 g/mol. The number of ether oxygens (including phenoxy) is 2. The molecule has 1 saturated heterocycles. The molecule has 2 heterocycles. The first kappa shape index (κ1) is 22.9. The Morgan fingerprint density at radius 3 is 2.82 bits per heavy atom. The Kier molecular flexibility index (Phi) is 7.70.